The van der Waals surface area contributed by atoms with Crippen molar-refractivity contribution in [2.45, 2.75) is 0 Å². The third-order valence-electron chi connectivity index (χ3n) is 2.37. The van der Waals surface area contributed by atoms with E-state index in [1.54, 1.807) is 30.3 Å². The first kappa shape index (κ1) is 10.5. The average Bonchev–Trinajstić information content (AvgIpc) is 2.31. The lowest BCUT2D eigenvalue weighted by Gasteiger charge is -2.07. The Kier molecular flexibility index (Phi) is 2.77. The molecule has 0 aliphatic carbocycles. The minimum Gasteiger partial charge on any atom is -0.507 e. The van der Waals surface area contributed by atoms with E-state index >= 15 is 0 Å². The predicted octanol–water partition coefficient (Wildman–Crippen LogP) is 3.21. The molecule has 0 aliphatic heterocycles. The summed E-state index contributed by atoms with van der Waals surface area (Å²) in [7, 11) is 1.41. The van der Waals surface area contributed by atoms with Crippen molar-refractivity contribution in [1.82, 2.24) is 0 Å². The number of methoxy groups -OCH3 is 1. The summed E-state index contributed by atoms with van der Waals surface area (Å²) < 4.78 is 18.1. The summed E-state index contributed by atoms with van der Waals surface area (Å²) in [5.74, 6) is -0.0846. The number of ether oxygens (including phenoxy) is 1. The van der Waals surface area contributed by atoms with E-state index in [0.29, 0.717) is 5.56 Å². The number of hydrogen-bond acceptors (Lipinski definition) is 2. The Morgan fingerprint density at radius 2 is 1.88 bits per heavy atom. The van der Waals surface area contributed by atoms with Gasteiger partial charge in [-0.25, -0.2) is 4.39 Å². The SMILES string of the molecule is COc1cc(-c2ccccc2O)ccc1F. The zero-order valence-corrected chi connectivity index (χ0v) is 8.77. The van der Waals surface area contributed by atoms with Gasteiger partial charge in [0.15, 0.2) is 11.6 Å². The maximum absolute atomic E-state index is 13.2. The number of hydrogen-bond donors (Lipinski definition) is 1. The van der Waals surface area contributed by atoms with Crippen molar-refractivity contribution in [3.8, 4) is 22.6 Å². The molecule has 0 bridgehead atoms. The lowest BCUT2D eigenvalue weighted by Crippen LogP contribution is -1.88. The summed E-state index contributed by atoms with van der Waals surface area (Å²) in [5.41, 5.74) is 1.37. The number of para-hydroxylation sites is 1. The van der Waals surface area contributed by atoms with Crippen LogP contribution in [0.1, 0.15) is 0 Å². The van der Waals surface area contributed by atoms with Crippen LogP contribution in [0.15, 0.2) is 42.5 Å². The fraction of sp³-hybridized carbons (Fsp3) is 0.0769. The van der Waals surface area contributed by atoms with Crippen LogP contribution in [0.3, 0.4) is 0 Å². The first-order valence-corrected chi connectivity index (χ1v) is 4.84. The molecule has 0 atom stereocenters. The van der Waals surface area contributed by atoms with Gasteiger partial charge in [0.05, 0.1) is 7.11 Å². The molecular formula is C13H11FO2. The molecule has 0 fully saturated rings. The number of aromatic hydroxyl groups is 1. The second kappa shape index (κ2) is 4.23. The number of rotatable bonds is 2. The van der Waals surface area contributed by atoms with Crippen LogP contribution in [0, 0.1) is 5.82 Å². The number of halogens is 1. The molecule has 0 aliphatic rings. The fourth-order valence-corrected chi connectivity index (χ4v) is 1.55. The summed E-state index contributed by atoms with van der Waals surface area (Å²) in [5, 5.41) is 9.66. The molecule has 3 heteroatoms. The molecule has 0 saturated carbocycles. The zero-order chi connectivity index (χ0) is 11.5. The van der Waals surface area contributed by atoms with E-state index in [1.165, 1.54) is 13.2 Å². The van der Waals surface area contributed by atoms with Crippen LogP contribution in [0.25, 0.3) is 11.1 Å². The molecule has 0 aromatic heterocycles. The maximum atomic E-state index is 13.2. The third kappa shape index (κ3) is 1.84. The minimum atomic E-state index is -0.415. The Labute approximate surface area is 92.9 Å². The summed E-state index contributed by atoms with van der Waals surface area (Å²) in [6.45, 7) is 0. The molecule has 2 nitrogen and oxygen atoms in total. The van der Waals surface area contributed by atoms with Crippen LogP contribution >= 0.6 is 0 Å². The highest BCUT2D eigenvalue weighted by Gasteiger charge is 2.07. The van der Waals surface area contributed by atoms with Gasteiger partial charge in [0, 0.05) is 5.56 Å². The molecule has 2 aromatic carbocycles. The number of phenolic OH excluding ortho intramolecular Hbond substituents is 1. The molecule has 0 spiro atoms. The Hall–Kier alpha value is -2.03. The monoisotopic (exact) mass is 218 g/mol. The molecule has 16 heavy (non-hydrogen) atoms. The highest BCUT2D eigenvalue weighted by atomic mass is 19.1. The van der Waals surface area contributed by atoms with E-state index in [4.69, 9.17) is 4.74 Å². The van der Waals surface area contributed by atoms with Crippen molar-refractivity contribution in [3.63, 3.8) is 0 Å². The van der Waals surface area contributed by atoms with Crippen molar-refractivity contribution in [2.24, 2.45) is 0 Å². The van der Waals surface area contributed by atoms with Crippen LogP contribution in [0.4, 0.5) is 4.39 Å². The topological polar surface area (TPSA) is 29.5 Å². The van der Waals surface area contributed by atoms with Gasteiger partial charge >= 0.3 is 0 Å². The standard InChI is InChI=1S/C13H11FO2/c1-16-13-8-9(6-7-11(13)14)10-4-2-3-5-12(10)15/h2-8,15H,1H3. The average molecular weight is 218 g/mol. The quantitative estimate of drug-likeness (QED) is 0.838. The van der Waals surface area contributed by atoms with Gasteiger partial charge in [-0.15, -0.1) is 0 Å². The summed E-state index contributed by atoms with van der Waals surface area (Å²) in [4.78, 5) is 0. The highest BCUT2D eigenvalue weighted by Crippen LogP contribution is 2.31. The van der Waals surface area contributed by atoms with Crippen molar-refractivity contribution < 1.29 is 14.2 Å². The largest absolute Gasteiger partial charge is 0.507 e. The normalized spacial score (nSPS) is 10.1. The smallest absolute Gasteiger partial charge is 0.165 e. The second-order valence-corrected chi connectivity index (χ2v) is 3.37. The summed E-state index contributed by atoms with van der Waals surface area (Å²) >= 11 is 0. The van der Waals surface area contributed by atoms with Gasteiger partial charge in [0.1, 0.15) is 5.75 Å². The highest BCUT2D eigenvalue weighted by molar-refractivity contribution is 5.71. The Bertz CT molecular complexity index is 509. The van der Waals surface area contributed by atoms with Crippen LogP contribution in [0.2, 0.25) is 0 Å². The zero-order valence-electron chi connectivity index (χ0n) is 8.77. The van der Waals surface area contributed by atoms with Crippen molar-refractivity contribution >= 4 is 0 Å². The van der Waals surface area contributed by atoms with Gasteiger partial charge in [0.2, 0.25) is 0 Å². The summed E-state index contributed by atoms with van der Waals surface area (Å²) in [6.07, 6.45) is 0. The Balaban J connectivity index is 2.53. The molecule has 82 valence electrons. The summed E-state index contributed by atoms with van der Waals surface area (Å²) in [6, 6.07) is 11.4. The van der Waals surface area contributed by atoms with Gasteiger partial charge in [-0.3, -0.25) is 0 Å². The first-order valence-electron chi connectivity index (χ1n) is 4.84. The second-order valence-electron chi connectivity index (χ2n) is 3.37. The van der Waals surface area contributed by atoms with Crippen molar-refractivity contribution in [1.29, 1.82) is 0 Å². The number of phenols is 1. The van der Waals surface area contributed by atoms with Gasteiger partial charge in [0.25, 0.3) is 0 Å². The van der Waals surface area contributed by atoms with E-state index in [9.17, 15) is 9.50 Å². The van der Waals surface area contributed by atoms with Gasteiger partial charge < -0.3 is 9.84 Å². The molecule has 0 heterocycles. The minimum absolute atomic E-state index is 0.163. The van der Waals surface area contributed by atoms with E-state index < -0.39 is 5.82 Å². The van der Waals surface area contributed by atoms with E-state index in [0.717, 1.165) is 5.56 Å². The van der Waals surface area contributed by atoms with Crippen LogP contribution in [-0.2, 0) is 0 Å². The molecule has 0 saturated heterocycles. The Morgan fingerprint density at radius 1 is 1.12 bits per heavy atom. The molecule has 0 amide bonds. The van der Waals surface area contributed by atoms with Crippen molar-refractivity contribution in [2.75, 3.05) is 7.11 Å². The molecule has 2 aromatic rings. The predicted molar refractivity (Wildman–Crippen MR) is 60.1 cm³/mol. The third-order valence-corrected chi connectivity index (χ3v) is 2.37. The first-order chi connectivity index (χ1) is 7.72. The lowest BCUT2D eigenvalue weighted by molar-refractivity contribution is 0.386. The lowest BCUT2D eigenvalue weighted by atomic mass is 10.0. The van der Waals surface area contributed by atoms with Crippen LogP contribution in [0.5, 0.6) is 11.5 Å². The van der Waals surface area contributed by atoms with Crippen LogP contribution in [-0.4, -0.2) is 12.2 Å². The molecular weight excluding hydrogens is 207 g/mol. The Morgan fingerprint density at radius 3 is 2.56 bits per heavy atom. The maximum Gasteiger partial charge on any atom is 0.165 e. The number of benzene rings is 2. The van der Waals surface area contributed by atoms with Gasteiger partial charge in [-0.2, -0.15) is 0 Å². The molecule has 1 N–H and O–H groups in total. The van der Waals surface area contributed by atoms with Crippen molar-refractivity contribution in [3.05, 3.63) is 48.3 Å². The van der Waals surface area contributed by atoms with Gasteiger partial charge in [-0.05, 0) is 23.8 Å². The van der Waals surface area contributed by atoms with Crippen LogP contribution < -0.4 is 4.74 Å². The van der Waals surface area contributed by atoms with E-state index in [2.05, 4.69) is 0 Å². The van der Waals surface area contributed by atoms with Gasteiger partial charge in [-0.1, -0.05) is 24.3 Å². The van der Waals surface area contributed by atoms with E-state index in [-0.39, 0.29) is 11.5 Å². The molecule has 2 rings (SSSR count). The molecule has 0 unspecified atom stereocenters. The molecule has 0 radical (unpaired) electrons. The van der Waals surface area contributed by atoms with E-state index in [1.807, 2.05) is 6.07 Å². The fourth-order valence-electron chi connectivity index (χ4n) is 1.55.